The summed E-state index contributed by atoms with van der Waals surface area (Å²) in [5, 5.41) is 16.8. The highest BCUT2D eigenvalue weighted by Crippen LogP contribution is 2.24. The van der Waals surface area contributed by atoms with Gasteiger partial charge in [0.2, 0.25) is 0 Å². The molecule has 2 rings (SSSR count). The number of nitrogens with zero attached hydrogens (tertiary/aromatic N) is 2. The molecule has 0 saturated carbocycles. The highest BCUT2D eigenvalue weighted by Gasteiger charge is 2.09. The van der Waals surface area contributed by atoms with Crippen LogP contribution in [-0.2, 0) is 6.54 Å². The molecule has 7 heteroatoms. The lowest BCUT2D eigenvalue weighted by atomic mass is 10.3. The van der Waals surface area contributed by atoms with Crippen molar-refractivity contribution >= 4 is 45.3 Å². The van der Waals surface area contributed by atoms with E-state index in [0.717, 1.165) is 20.0 Å². The smallest absolute Gasteiger partial charge is 0.270 e. The number of aromatic nitrogens is 1. The molecule has 94 valence electrons. The summed E-state index contributed by atoms with van der Waals surface area (Å²) in [5.74, 6) is 0. The van der Waals surface area contributed by atoms with Gasteiger partial charge in [0.25, 0.3) is 5.69 Å². The average molecular weight is 375 g/mol. The van der Waals surface area contributed by atoms with Crippen LogP contribution in [0.1, 0.15) is 10.7 Å². The van der Waals surface area contributed by atoms with Gasteiger partial charge in [-0.05, 0) is 35.6 Å². The zero-order chi connectivity index (χ0) is 13.1. The molecule has 1 aromatic carbocycles. The Hall–Kier alpha value is -1.22. The van der Waals surface area contributed by atoms with Crippen molar-refractivity contribution in [1.82, 2.24) is 4.98 Å². The summed E-state index contributed by atoms with van der Waals surface area (Å²) in [7, 11) is 0. The van der Waals surface area contributed by atoms with E-state index in [1.165, 1.54) is 6.07 Å². The second-order valence-corrected chi connectivity index (χ2v) is 5.76. The zero-order valence-corrected chi connectivity index (χ0v) is 12.5. The molecule has 0 unspecified atom stereocenters. The minimum Gasteiger partial charge on any atom is -0.378 e. The van der Waals surface area contributed by atoms with E-state index in [4.69, 9.17) is 0 Å². The predicted molar refractivity (Wildman–Crippen MR) is 80.0 cm³/mol. The number of nitro groups is 1. The van der Waals surface area contributed by atoms with E-state index in [1.54, 1.807) is 23.5 Å². The van der Waals surface area contributed by atoms with Crippen LogP contribution in [0.5, 0.6) is 0 Å². The molecule has 0 aliphatic rings. The Morgan fingerprint density at radius 3 is 2.89 bits per heavy atom. The number of nitrogens with one attached hydrogen (secondary N) is 1. The fourth-order valence-electron chi connectivity index (χ4n) is 1.42. The number of hydrogen-bond donors (Lipinski definition) is 1. The van der Waals surface area contributed by atoms with Gasteiger partial charge in [-0.3, -0.25) is 10.1 Å². The van der Waals surface area contributed by atoms with E-state index in [1.807, 2.05) is 12.3 Å². The lowest BCUT2D eigenvalue weighted by Crippen LogP contribution is -2.01. The van der Waals surface area contributed by atoms with Crippen LogP contribution in [0.15, 0.2) is 23.6 Å². The zero-order valence-electron chi connectivity index (χ0n) is 9.51. The topological polar surface area (TPSA) is 68.1 Å². The van der Waals surface area contributed by atoms with Gasteiger partial charge < -0.3 is 5.32 Å². The summed E-state index contributed by atoms with van der Waals surface area (Å²) >= 11 is 3.68. The highest BCUT2D eigenvalue weighted by molar-refractivity contribution is 14.1. The Morgan fingerprint density at radius 1 is 1.56 bits per heavy atom. The number of halogens is 1. The van der Waals surface area contributed by atoms with Crippen molar-refractivity contribution in [1.29, 1.82) is 0 Å². The second-order valence-electron chi connectivity index (χ2n) is 3.66. The molecule has 0 aliphatic heterocycles. The molecule has 2 aromatic rings. The Morgan fingerprint density at radius 2 is 2.33 bits per heavy atom. The standard InChI is InChI=1S/C11H10IN3O2S/c1-7-6-18-11(14-7)5-13-10-3-2-8(15(16)17)4-9(10)12/h2-4,6,13H,5H2,1H3. The largest absolute Gasteiger partial charge is 0.378 e. The van der Waals surface area contributed by atoms with E-state index in [-0.39, 0.29) is 5.69 Å². The van der Waals surface area contributed by atoms with Crippen molar-refractivity contribution < 1.29 is 4.92 Å². The van der Waals surface area contributed by atoms with Crippen LogP contribution in [-0.4, -0.2) is 9.91 Å². The Bertz CT molecular complexity index is 585. The van der Waals surface area contributed by atoms with Crippen molar-refractivity contribution in [3.63, 3.8) is 0 Å². The van der Waals surface area contributed by atoms with Crippen LogP contribution in [0.4, 0.5) is 11.4 Å². The molecule has 5 nitrogen and oxygen atoms in total. The van der Waals surface area contributed by atoms with Crippen molar-refractivity contribution in [2.45, 2.75) is 13.5 Å². The Labute approximate surface area is 122 Å². The van der Waals surface area contributed by atoms with Gasteiger partial charge in [-0.1, -0.05) is 0 Å². The van der Waals surface area contributed by atoms with Crippen molar-refractivity contribution in [3.05, 3.63) is 48.0 Å². The second kappa shape index (κ2) is 5.61. The SMILES string of the molecule is Cc1csc(CNc2ccc([N+](=O)[O-])cc2I)n1. The lowest BCUT2D eigenvalue weighted by Gasteiger charge is -2.06. The van der Waals surface area contributed by atoms with Crippen molar-refractivity contribution in [2.75, 3.05) is 5.32 Å². The van der Waals surface area contributed by atoms with Gasteiger partial charge in [0.1, 0.15) is 5.01 Å². The summed E-state index contributed by atoms with van der Waals surface area (Å²) in [6, 6.07) is 4.77. The first-order valence-electron chi connectivity index (χ1n) is 5.15. The maximum atomic E-state index is 10.6. The fraction of sp³-hybridized carbons (Fsp3) is 0.182. The number of hydrogen-bond acceptors (Lipinski definition) is 5. The summed E-state index contributed by atoms with van der Waals surface area (Å²) in [5.41, 5.74) is 2.00. The monoisotopic (exact) mass is 375 g/mol. The number of aryl methyl sites for hydroxylation is 1. The van der Waals surface area contributed by atoms with Crippen LogP contribution in [0.2, 0.25) is 0 Å². The maximum Gasteiger partial charge on any atom is 0.270 e. The van der Waals surface area contributed by atoms with E-state index in [2.05, 4.69) is 32.9 Å². The molecule has 0 amide bonds. The summed E-state index contributed by atoms with van der Waals surface area (Å²) < 4.78 is 0.829. The summed E-state index contributed by atoms with van der Waals surface area (Å²) in [4.78, 5) is 14.6. The average Bonchev–Trinajstić information content (AvgIpc) is 2.73. The van der Waals surface area contributed by atoms with Crippen LogP contribution in [0.3, 0.4) is 0 Å². The molecule has 0 atom stereocenters. The molecule has 1 aromatic heterocycles. The Kier molecular flexibility index (Phi) is 4.12. The molecule has 18 heavy (non-hydrogen) atoms. The molecular formula is C11H10IN3O2S. The van der Waals surface area contributed by atoms with Gasteiger partial charge in [-0.15, -0.1) is 11.3 Å². The molecule has 0 radical (unpaired) electrons. The minimum absolute atomic E-state index is 0.107. The third kappa shape index (κ3) is 3.16. The van der Waals surface area contributed by atoms with E-state index >= 15 is 0 Å². The van der Waals surface area contributed by atoms with Crippen LogP contribution in [0.25, 0.3) is 0 Å². The normalized spacial score (nSPS) is 10.3. The van der Waals surface area contributed by atoms with Gasteiger partial charge in [0.15, 0.2) is 0 Å². The molecular weight excluding hydrogens is 365 g/mol. The van der Waals surface area contributed by atoms with E-state index in [0.29, 0.717) is 6.54 Å². The highest BCUT2D eigenvalue weighted by atomic mass is 127. The van der Waals surface area contributed by atoms with Crippen molar-refractivity contribution in [2.24, 2.45) is 0 Å². The molecule has 0 aliphatic carbocycles. The number of rotatable bonds is 4. The molecule has 0 fully saturated rings. The summed E-state index contributed by atoms with van der Waals surface area (Å²) in [6.07, 6.45) is 0. The molecule has 1 heterocycles. The minimum atomic E-state index is -0.393. The molecule has 0 saturated heterocycles. The number of anilines is 1. The first kappa shape index (κ1) is 13.2. The quantitative estimate of drug-likeness (QED) is 0.504. The Balaban J connectivity index is 2.08. The lowest BCUT2D eigenvalue weighted by molar-refractivity contribution is -0.384. The number of non-ortho nitro benzene ring substituents is 1. The third-order valence-corrected chi connectivity index (χ3v) is 4.12. The van der Waals surface area contributed by atoms with Crippen LogP contribution < -0.4 is 5.32 Å². The van der Waals surface area contributed by atoms with Gasteiger partial charge >= 0.3 is 0 Å². The predicted octanol–water partition coefficient (Wildman–Crippen LogP) is 3.58. The fourth-order valence-corrected chi connectivity index (χ4v) is 2.82. The molecule has 0 spiro atoms. The number of thiazole rings is 1. The van der Waals surface area contributed by atoms with E-state index in [9.17, 15) is 10.1 Å². The van der Waals surface area contributed by atoms with Gasteiger partial charge in [-0.25, -0.2) is 4.98 Å². The van der Waals surface area contributed by atoms with Crippen LogP contribution in [0, 0.1) is 20.6 Å². The van der Waals surface area contributed by atoms with Crippen molar-refractivity contribution in [3.8, 4) is 0 Å². The van der Waals surface area contributed by atoms with Gasteiger partial charge in [0.05, 0.1) is 11.5 Å². The third-order valence-electron chi connectivity index (χ3n) is 2.26. The van der Waals surface area contributed by atoms with Gasteiger partial charge in [-0.2, -0.15) is 0 Å². The van der Waals surface area contributed by atoms with E-state index < -0.39 is 4.92 Å². The first-order valence-corrected chi connectivity index (χ1v) is 7.11. The number of benzene rings is 1. The maximum absolute atomic E-state index is 10.6. The van der Waals surface area contributed by atoms with Gasteiger partial charge in [0, 0.05) is 32.5 Å². The first-order chi connectivity index (χ1) is 8.56. The molecule has 1 N–H and O–H groups in total. The number of nitro benzene ring substituents is 1. The van der Waals surface area contributed by atoms with Crippen LogP contribution >= 0.6 is 33.9 Å². The summed E-state index contributed by atoms with van der Waals surface area (Å²) in [6.45, 7) is 2.59. The molecule has 0 bridgehead atoms.